The minimum atomic E-state index is -0.756. The van der Waals surface area contributed by atoms with Crippen molar-refractivity contribution in [2.45, 2.75) is 32.5 Å². The molecular weight excluding hydrogens is 190 g/mol. The number of rotatable bonds is 2. The van der Waals surface area contributed by atoms with E-state index in [2.05, 4.69) is 0 Å². The van der Waals surface area contributed by atoms with Crippen LogP contribution in [-0.2, 0) is 11.3 Å². The zero-order valence-corrected chi connectivity index (χ0v) is 8.97. The molecule has 0 aromatic heterocycles. The topological polar surface area (TPSA) is 40.5 Å². The van der Waals surface area contributed by atoms with E-state index in [-0.39, 0.29) is 6.04 Å². The Morgan fingerprint density at radius 3 is 2.73 bits per heavy atom. The van der Waals surface area contributed by atoms with Crippen LogP contribution in [-0.4, -0.2) is 22.0 Å². The van der Waals surface area contributed by atoms with Crippen molar-refractivity contribution in [2.75, 3.05) is 0 Å². The highest BCUT2D eigenvalue weighted by Gasteiger charge is 2.36. The molecule has 1 aromatic rings. The van der Waals surface area contributed by atoms with Gasteiger partial charge in [-0.25, -0.2) is 0 Å². The van der Waals surface area contributed by atoms with Crippen LogP contribution in [0.1, 0.15) is 31.0 Å². The molecule has 15 heavy (non-hydrogen) atoms. The van der Waals surface area contributed by atoms with E-state index in [0.717, 1.165) is 17.7 Å². The fraction of sp³-hybridized carbons (Fsp3) is 0.417. The van der Waals surface area contributed by atoms with Crippen LogP contribution in [0, 0.1) is 0 Å². The average Bonchev–Trinajstić information content (AvgIpc) is 2.56. The molecule has 1 aromatic carbocycles. The summed E-state index contributed by atoms with van der Waals surface area (Å²) in [5.41, 5.74) is 2.08. The number of benzene rings is 1. The van der Waals surface area contributed by atoms with Crippen molar-refractivity contribution >= 4 is 5.97 Å². The number of carboxylic acids is 1. The van der Waals surface area contributed by atoms with Crippen LogP contribution in [0.3, 0.4) is 0 Å². The van der Waals surface area contributed by atoms with Gasteiger partial charge in [0, 0.05) is 12.6 Å². The largest absolute Gasteiger partial charge is 0.480 e. The Labute approximate surface area is 89.3 Å². The Morgan fingerprint density at radius 2 is 2.13 bits per heavy atom. The zero-order valence-electron chi connectivity index (χ0n) is 8.97. The van der Waals surface area contributed by atoms with E-state index < -0.39 is 12.0 Å². The van der Waals surface area contributed by atoms with Crippen LogP contribution in [0.2, 0.25) is 0 Å². The molecule has 0 amide bonds. The minimum absolute atomic E-state index is 0.249. The number of fused-ring (bicyclic) bond motifs is 1. The van der Waals surface area contributed by atoms with Gasteiger partial charge in [0.1, 0.15) is 6.04 Å². The van der Waals surface area contributed by atoms with E-state index in [1.165, 1.54) is 0 Å². The Hall–Kier alpha value is -1.35. The molecule has 1 N–H and O–H groups in total. The second kappa shape index (κ2) is 3.66. The van der Waals surface area contributed by atoms with Crippen molar-refractivity contribution in [3.8, 4) is 0 Å². The molecule has 80 valence electrons. The molecule has 0 fully saturated rings. The monoisotopic (exact) mass is 205 g/mol. The number of carbonyl (C=O) groups is 1. The molecule has 2 rings (SSSR count). The molecule has 1 heterocycles. The molecule has 0 bridgehead atoms. The molecule has 0 saturated carbocycles. The molecule has 3 heteroatoms. The number of carboxylic acid groups (broad SMARTS) is 1. The first-order valence-electron chi connectivity index (χ1n) is 5.17. The Balaban J connectivity index is 2.42. The molecule has 0 aliphatic carbocycles. The van der Waals surface area contributed by atoms with Crippen LogP contribution < -0.4 is 0 Å². The van der Waals surface area contributed by atoms with Gasteiger partial charge in [-0.15, -0.1) is 0 Å². The Kier molecular flexibility index (Phi) is 2.49. The van der Waals surface area contributed by atoms with E-state index in [0.29, 0.717) is 0 Å². The van der Waals surface area contributed by atoms with Crippen LogP contribution >= 0.6 is 0 Å². The fourth-order valence-corrected chi connectivity index (χ4v) is 2.17. The third-order valence-electron chi connectivity index (χ3n) is 2.93. The molecule has 0 radical (unpaired) electrons. The number of aliphatic carboxylic acids is 1. The van der Waals surface area contributed by atoms with Gasteiger partial charge in [0.2, 0.25) is 0 Å². The van der Waals surface area contributed by atoms with Gasteiger partial charge in [-0.1, -0.05) is 24.3 Å². The maximum atomic E-state index is 11.2. The second-order valence-corrected chi connectivity index (χ2v) is 4.21. The molecule has 0 spiro atoms. The fourth-order valence-electron chi connectivity index (χ4n) is 2.17. The van der Waals surface area contributed by atoms with Crippen LogP contribution in [0.25, 0.3) is 0 Å². The van der Waals surface area contributed by atoms with Gasteiger partial charge in [0.25, 0.3) is 0 Å². The number of nitrogens with zero attached hydrogens (tertiary/aromatic N) is 1. The first-order valence-corrected chi connectivity index (χ1v) is 5.17. The zero-order chi connectivity index (χ0) is 11.0. The van der Waals surface area contributed by atoms with Crippen molar-refractivity contribution in [3.05, 3.63) is 35.4 Å². The molecule has 1 aliphatic rings. The molecule has 1 aliphatic heterocycles. The third kappa shape index (κ3) is 1.63. The van der Waals surface area contributed by atoms with E-state index >= 15 is 0 Å². The highest BCUT2D eigenvalue weighted by atomic mass is 16.4. The summed E-state index contributed by atoms with van der Waals surface area (Å²) >= 11 is 0. The SMILES string of the molecule is CC(C)N1Cc2ccccc2C1C(=O)O. The summed E-state index contributed by atoms with van der Waals surface area (Å²) in [6.07, 6.45) is 0. The standard InChI is InChI=1S/C12H15NO2/c1-8(2)13-7-9-5-3-4-6-10(9)11(13)12(14)15/h3-6,8,11H,7H2,1-2H3,(H,14,15). The lowest BCUT2D eigenvalue weighted by molar-refractivity contribution is -0.143. The smallest absolute Gasteiger partial charge is 0.325 e. The summed E-state index contributed by atoms with van der Waals surface area (Å²) in [5.74, 6) is -0.756. The molecule has 1 unspecified atom stereocenters. The van der Waals surface area contributed by atoms with Crippen molar-refractivity contribution in [3.63, 3.8) is 0 Å². The average molecular weight is 205 g/mol. The van der Waals surface area contributed by atoms with Crippen molar-refractivity contribution < 1.29 is 9.90 Å². The highest BCUT2D eigenvalue weighted by Crippen LogP contribution is 2.34. The maximum Gasteiger partial charge on any atom is 0.325 e. The summed E-state index contributed by atoms with van der Waals surface area (Å²) in [6.45, 7) is 4.80. The molecular formula is C12H15NO2. The predicted molar refractivity (Wildman–Crippen MR) is 57.5 cm³/mol. The van der Waals surface area contributed by atoms with Crippen LogP contribution in [0.5, 0.6) is 0 Å². The summed E-state index contributed by atoms with van der Waals surface area (Å²) < 4.78 is 0. The normalized spacial score (nSPS) is 20.6. The lowest BCUT2D eigenvalue weighted by Crippen LogP contribution is -2.33. The van der Waals surface area contributed by atoms with E-state index in [1.807, 2.05) is 43.0 Å². The van der Waals surface area contributed by atoms with E-state index in [9.17, 15) is 9.90 Å². The highest BCUT2D eigenvalue weighted by molar-refractivity contribution is 5.77. The summed E-state index contributed by atoms with van der Waals surface area (Å²) in [4.78, 5) is 13.2. The van der Waals surface area contributed by atoms with Crippen molar-refractivity contribution in [1.29, 1.82) is 0 Å². The predicted octanol–water partition coefficient (Wildman–Crippen LogP) is 2.04. The Bertz CT molecular complexity index is 387. The maximum absolute atomic E-state index is 11.2. The molecule has 3 nitrogen and oxygen atoms in total. The van der Waals surface area contributed by atoms with Gasteiger partial charge in [-0.3, -0.25) is 9.69 Å². The van der Waals surface area contributed by atoms with Gasteiger partial charge in [-0.2, -0.15) is 0 Å². The van der Waals surface area contributed by atoms with Crippen molar-refractivity contribution in [2.24, 2.45) is 0 Å². The third-order valence-corrected chi connectivity index (χ3v) is 2.93. The van der Waals surface area contributed by atoms with Gasteiger partial charge in [0.05, 0.1) is 0 Å². The minimum Gasteiger partial charge on any atom is -0.480 e. The van der Waals surface area contributed by atoms with Gasteiger partial charge < -0.3 is 5.11 Å². The quantitative estimate of drug-likeness (QED) is 0.803. The van der Waals surface area contributed by atoms with Gasteiger partial charge in [0.15, 0.2) is 0 Å². The van der Waals surface area contributed by atoms with Crippen LogP contribution in [0.4, 0.5) is 0 Å². The summed E-state index contributed by atoms with van der Waals surface area (Å²) in [6, 6.07) is 7.56. The molecule has 1 atom stereocenters. The van der Waals surface area contributed by atoms with E-state index in [4.69, 9.17) is 0 Å². The number of hydrogen-bond donors (Lipinski definition) is 1. The second-order valence-electron chi connectivity index (χ2n) is 4.21. The Morgan fingerprint density at radius 1 is 1.47 bits per heavy atom. The first kappa shape index (κ1) is 10.2. The van der Waals surface area contributed by atoms with E-state index in [1.54, 1.807) is 0 Å². The summed E-state index contributed by atoms with van der Waals surface area (Å²) in [5, 5.41) is 9.24. The lowest BCUT2D eigenvalue weighted by Gasteiger charge is -2.25. The first-order chi connectivity index (χ1) is 7.11. The molecule has 0 saturated heterocycles. The number of hydrogen-bond acceptors (Lipinski definition) is 2. The van der Waals surface area contributed by atoms with Crippen LogP contribution in [0.15, 0.2) is 24.3 Å². The van der Waals surface area contributed by atoms with Gasteiger partial charge in [-0.05, 0) is 25.0 Å². The lowest BCUT2D eigenvalue weighted by atomic mass is 10.1. The summed E-state index contributed by atoms with van der Waals surface area (Å²) in [7, 11) is 0. The van der Waals surface area contributed by atoms with Gasteiger partial charge >= 0.3 is 5.97 Å². The van der Waals surface area contributed by atoms with Crippen molar-refractivity contribution in [1.82, 2.24) is 4.90 Å².